The molecule has 3 rings (SSSR count). The maximum absolute atomic E-state index is 12.5. The summed E-state index contributed by atoms with van der Waals surface area (Å²) in [6, 6.07) is 11.8. The van der Waals surface area contributed by atoms with E-state index >= 15 is 0 Å². The SMILES string of the molecule is CC(C)(C)c1ccc(S(=O)(=O)Nc2ccc3[nH]c(=O)sc3c2)cc1. The van der Waals surface area contributed by atoms with Crippen LogP contribution in [0.2, 0.25) is 0 Å². The first-order valence-corrected chi connectivity index (χ1v) is 9.71. The zero-order valence-electron chi connectivity index (χ0n) is 13.6. The minimum Gasteiger partial charge on any atom is -0.312 e. The van der Waals surface area contributed by atoms with Crippen molar-refractivity contribution < 1.29 is 8.42 Å². The number of H-pyrrole nitrogens is 1. The lowest BCUT2D eigenvalue weighted by Crippen LogP contribution is -2.14. The summed E-state index contributed by atoms with van der Waals surface area (Å²) in [5.41, 5.74) is 2.16. The molecule has 0 spiro atoms. The Morgan fingerprint density at radius 3 is 2.33 bits per heavy atom. The monoisotopic (exact) mass is 362 g/mol. The van der Waals surface area contributed by atoms with Crippen LogP contribution in [0.1, 0.15) is 26.3 Å². The Hall–Kier alpha value is -2.12. The minimum atomic E-state index is -3.67. The third-order valence-electron chi connectivity index (χ3n) is 3.70. The van der Waals surface area contributed by atoms with Gasteiger partial charge in [-0.25, -0.2) is 8.42 Å². The molecule has 1 heterocycles. The quantitative estimate of drug-likeness (QED) is 0.746. The lowest BCUT2D eigenvalue weighted by molar-refractivity contribution is 0.587. The number of anilines is 1. The van der Waals surface area contributed by atoms with Crippen LogP contribution < -0.4 is 9.60 Å². The van der Waals surface area contributed by atoms with Crippen LogP contribution in [0.4, 0.5) is 5.69 Å². The van der Waals surface area contributed by atoms with E-state index in [1.165, 1.54) is 0 Å². The van der Waals surface area contributed by atoms with Crippen molar-refractivity contribution in [3.63, 3.8) is 0 Å². The molecule has 1 aromatic heterocycles. The topological polar surface area (TPSA) is 79.0 Å². The molecule has 2 aromatic carbocycles. The maximum atomic E-state index is 12.5. The largest absolute Gasteiger partial charge is 0.312 e. The zero-order chi connectivity index (χ0) is 17.5. The van der Waals surface area contributed by atoms with Crippen LogP contribution in [-0.4, -0.2) is 13.4 Å². The maximum Gasteiger partial charge on any atom is 0.305 e. The van der Waals surface area contributed by atoms with E-state index < -0.39 is 10.0 Å². The Morgan fingerprint density at radius 2 is 1.71 bits per heavy atom. The molecule has 0 saturated heterocycles. The second-order valence-electron chi connectivity index (χ2n) is 6.61. The summed E-state index contributed by atoms with van der Waals surface area (Å²) in [5.74, 6) is 0. The zero-order valence-corrected chi connectivity index (χ0v) is 15.2. The van der Waals surface area contributed by atoms with Gasteiger partial charge in [-0.2, -0.15) is 0 Å². The Balaban J connectivity index is 1.90. The number of aromatic nitrogens is 1. The number of thiazole rings is 1. The average Bonchev–Trinajstić information content (AvgIpc) is 2.85. The van der Waals surface area contributed by atoms with Gasteiger partial charge in [-0.1, -0.05) is 44.2 Å². The third-order valence-corrected chi connectivity index (χ3v) is 5.95. The van der Waals surface area contributed by atoms with Crippen LogP contribution in [-0.2, 0) is 15.4 Å². The smallest absolute Gasteiger partial charge is 0.305 e. The third kappa shape index (κ3) is 3.37. The van der Waals surface area contributed by atoms with Gasteiger partial charge in [-0.05, 0) is 41.3 Å². The first kappa shape index (κ1) is 16.7. The molecule has 0 saturated carbocycles. The highest BCUT2D eigenvalue weighted by Crippen LogP contribution is 2.25. The number of sulfonamides is 1. The molecule has 0 amide bonds. The Bertz CT molecular complexity index is 1040. The molecular formula is C17H18N2O3S2. The van der Waals surface area contributed by atoms with Gasteiger partial charge in [0.25, 0.3) is 10.0 Å². The predicted octanol–water partition coefficient (Wildman–Crippen LogP) is 3.69. The highest BCUT2D eigenvalue weighted by Gasteiger charge is 2.18. The number of fused-ring (bicyclic) bond motifs is 1. The van der Waals surface area contributed by atoms with Gasteiger partial charge in [0.05, 0.1) is 20.8 Å². The molecule has 7 heteroatoms. The van der Waals surface area contributed by atoms with Crippen LogP contribution in [0.3, 0.4) is 0 Å². The van der Waals surface area contributed by atoms with Crippen molar-refractivity contribution in [1.29, 1.82) is 0 Å². The summed E-state index contributed by atoms with van der Waals surface area (Å²) in [7, 11) is -3.67. The fourth-order valence-corrected chi connectivity index (χ4v) is 4.18. The first-order chi connectivity index (χ1) is 11.1. The van der Waals surface area contributed by atoms with E-state index in [1.807, 2.05) is 12.1 Å². The fraction of sp³-hybridized carbons (Fsp3) is 0.235. The number of nitrogens with one attached hydrogen (secondary N) is 2. The molecule has 24 heavy (non-hydrogen) atoms. The average molecular weight is 362 g/mol. The van der Waals surface area contributed by atoms with E-state index in [9.17, 15) is 13.2 Å². The standard InChI is InChI=1S/C17H18N2O3S2/c1-17(2,3)11-4-7-13(8-5-11)24(21,22)19-12-6-9-14-15(10-12)23-16(20)18-14/h4-10,19H,1-3H3,(H,18,20). The van der Waals surface area contributed by atoms with Crippen molar-refractivity contribution >= 4 is 37.3 Å². The Kier molecular flexibility index (Phi) is 4.01. The van der Waals surface area contributed by atoms with Crippen molar-refractivity contribution in [3.8, 4) is 0 Å². The van der Waals surface area contributed by atoms with Crippen LogP contribution in [0.5, 0.6) is 0 Å². The molecule has 0 fully saturated rings. The van der Waals surface area contributed by atoms with Crippen molar-refractivity contribution in [2.24, 2.45) is 0 Å². The summed E-state index contributed by atoms with van der Waals surface area (Å²) >= 11 is 1.05. The van der Waals surface area contributed by atoms with Crippen LogP contribution in [0.15, 0.2) is 52.2 Å². The molecular weight excluding hydrogens is 344 g/mol. The summed E-state index contributed by atoms with van der Waals surface area (Å²) in [6.45, 7) is 6.23. The molecule has 5 nitrogen and oxygen atoms in total. The molecule has 3 aromatic rings. The number of aromatic amines is 1. The normalized spacial score (nSPS) is 12.5. The first-order valence-electron chi connectivity index (χ1n) is 7.41. The van der Waals surface area contributed by atoms with E-state index in [1.54, 1.807) is 30.3 Å². The molecule has 0 unspecified atom stereocenters. The molecule has 0 bridgehead atoms. The molecule has 0 aliphatic heterocycles. The minimum absolute atomic E-state index is 0.0353. The highest BCUT2D eigenvalue weighted by atomic mass is 32.2. The molecule has 126 valence electrons. The van der Waals surface area contributed by atoms with Gasteiger partial charge in [0.1, 0.15) is 0 Å². The van der Waals surface area contributed by atoms with Gasteiger partial charge >= 0.3 is 4.87 Å². The summed E-state index contributed by atoms with van der Waals surface area (Å²) < 4.78 is 28.3. The van der Waals surface area contributed by atoms with E-state index in [2.05, 4.69) is 30.5 Å². The Labute approximate surface area is 144 Å². The van der Waals surface area contributed by atoms with E-state index in [4.69, 9.17) is 0 Å². The molecule has 0 aliphatic rings. The van der Waals surface area contributed by atoms with Gasteiger partial charge in [0.15, 0.2) is 0 Å². The summed E-state index contributed by atoms with van der Waals surface area (Å²) in [4.78, 5) is 14.1. The molecule has 0 aliphatic carbocycles. The van der Waals surface area contributed by atoms with Crippen molar-refractivity contribution in [1.82, 2.24) is 4.98 Å². The van der Waals surface area contributed by atoms with E-state index in [0.717, 1.165) is 16.9 Å². The predicted molar refractivity (Wildman–Crippen MR) is 98.4 cm³/mol. The summed E-state index contributed by atoms with van der Waals surface area (Å²) in [6.07, 6.45) is 0. The number of hydrogen-bond donors (Lipinski definition) is 2. The van der Waals surface area contributed by atoms with E-state index in [-0.39, 0.29) is 15.2 Å². The summed E-state index contributed by atoms with van der Waals surface area (Å²) in [5, 5.41) is 0. The van der Waals surface area contributed by atoms with Gasteiger partial charge in [0, 0.05) is 0 Å². The second-order valence-corrected chi connectivity index (χ2v) is 9.30. The van der Waals surface area contributed by atoms with Gasteiger partial charge in [-0.3, -0.25) is 9.52 Å². The molecule has 0 atom stereocenters. The fourth-order valence-electron chi connectivity index (χ4n) is 2.36. The van der Waals surface area contributed by atoms with Crippen LogP contribution in [0, 0.1) is 0 Å². The van der Waals surface area contributed by atoms with Gasteiger partial charge < -0.3 is 4.98 Å². The number of benzene rings is 2. The highest BCUT2D eigenvalue weighted by molar-refractivity contribution is 7.92. The van der Waals surface area contributed by atoms with Gasteiger partial charge in [-0.15, -0.1) is 0 Å². The van der Waals surface area contributed by atoms with Crippen molar-refractivity contribution in [2.45, 2.75) is 31.1 Å². The molecule has 2 N–H and O–H groups in total. The number of rotatable bonds is 3. The Morgan fingerprint density at radius 1 is 1.04 bits per heavy atom. The van der Waals surface area contributed by atoms with Crippen LogP contribution in [0.25, 0.3) is 10.2 Å². The lowest BCUT2D eigenvalue weighted by Gasteiger charge is -2.19. The van der Waals surface area contributed by atoms with Crippen LogP contribution >= 0.6 is 11.3 Å². The molecule has 0 radical (unpaired) electrons. The lowest BCUT2D eigenvalue weighted by atomic mass is 9.87. The van der Waals surface area contributed by atoms with Crippen molar-refractivity contribution in [3.05, 3.63) is 57.7 Å². The van der Waals surface area contributed by atoms with Crippen molar-refractivity contribution in [2.75, 3.05) is 4.72 Å². The second kappa shape index (κ2) is 5.75. The number of hydrogen-bond acceptors (Lipinski definition) is 4. The van der Waals surface area contributed by atoms with Gasteiger partial charge in [0.2, 0.25) is 0 Å². The van der Waals surface area contributed by atoms with E-state index in [0.29, 0.717) is 15.9 Å².